The number of carboxylic acids is 3. The second-order valence-corrected chi connectivity index (χ2v) is 9.38. The summed E-state index contributed by atoms with van der Waals surface area (Å²) in [6.45, 7) is 3.67. The van der Waals surface area contributed by atoms with Crippen molar-refractivity contribution in [3.05, 3.63) is 46.2 Å². The Balaban J connectivity index is 0.000000317. The van der Waals surface area contributed by atoms with E-state index in [1.165, 1.54) is 17.5 Å². The van der Waals surface area contributed by atoms with Crippen LogP contribution in [0.25, 0.3) is 0 Å². The van der Waals surface area contributed by atoms with E-state index in [4.69, 9.17) is 34.6 Å². The Hall–Kier alpha value is -3.19. The molecule has 1 aliphatic heterocycles. The van der Waals surface area contributed by atoms with Gasteiger partial charge < -0.3 is 34.6 Å². The third kappa shape index (κ3) is 10.00. The standard InChI is InChI=1S/C19H25NO3S.C6H8O7/c1-21-18-6-5-15(10-19(18)22-2)11-20(12-16-7-9-24-14-16)13-17-4-3-8-23-17;7-3(8)1-6(13,5(11)12)2-4(9)10/h5-7,9-10,14,17H,3-4,8,11-13H2,1-2H3;13H,1-2H2,(H,7,8)(H,9,10)(H,11,12). The summed E-state index contributed by atoms with van der Waals surface area (Å²) in [6.07, 6.45) is 0.395. The molecule has 0 bridgehead atoms. The number of carbonyl (C=O) groups is 3. The molecule has 0 aliphatic carbocycles. The molecule has 2 aromatic rings. The molecular formula is C25H33NO10S. The first kappa shape index (κ1) is 30.0. The van der Waals surface area contributed by atoms with E-state index in [1.54, 1.807) is 25.6 Å². The molecule has 1 fully saturated rings. The number of aliphatic carboxylic acids is 3. The minimum absolute atomic E-state index is 0.351. The van der Waals surface area contributed by atoms with Crippen molar-refractivity contribution in [2.24, 2.45) is 0 Å². The summed E-state index contributed by atoms with van der Waals surface area (Å²) in [4.78, 5) is 32.9. The maximum atomic E-state index is 10.3. The molecule has 1 atom stereocenters. The number of methoxy groups -OCH3 is 2. The molecule has 4 N–H and O–H groups in total. The number of benzene rings is 1. The van der Waals surface area contributed by atoms with Gasteiger partial charge in [-0.05, 0) is 52.9 Å². The van der Waals surface area contributed by atoms with E-state index in [0.717, 1.165) is 44.2 Å². The number of hydrogen-bond donors (Lipinski definition) is 4. The van der Waals surface area contributed by atoms with Crippen LogP contribution in [0.2, 0.25) is 0 Å². The predicted octanol–water partition coefficient (Wildman–Crippen LogP) is 2.70. The van der Waals surface area contributed by atoms with E-state index in [9.17, 15) is 14.4 Å². The summed E-state index contributed by atoms with van der Waals surface area (Å²) in [5.41, 5.74) is -0.156. The van der Waals surface area contributed by atoms with Gasteiger partial charge in [-0.2, -0.15) is 11.3 Å². The van der Waals surface area contributed by atoms with Crippen LogP contribution in [0, 0.1) is 0 Å². The molecular weight excluding hydrogens is 506 g/mol. The van der Waals surface area contributed by atoms with Crippen molar-refractivity contribution in [3.8, 4) is 11.5 Å². The Morgan fingerprint density at radius 2 is 1.68 bits per heavy atom. The second kappa shape index (κ2) is 14.5. The van der Waals surface area contributed by atoms with Crippen LogP contribution in [-0.4, -0.2) is 82.3 Å². The van der Waals surface area contributed by atoms with Gasteiger partial charge in [-0.15, -0.1) is 0 Å². The van der Waals surface area contributed by atoms with E-state index in [2.05, 4.69) is 33.9 Å². The summed E-state index contributed by atoms with van der Waals surface area (Å²) in [7, 11) is 3.34. The lowest BCUT2D eigenvalue weighted by Crippen LogP contribution is -2.42. The number of carboxylic acid groups (broad SMARTS) is 3. The Bertz CT molecular complexity index is 1000. The van der Waals surface area contributed by atoms with Gasteiger partial charge in [0.15, 0.2) is 17.1 Å². The molecule has 11 nitrogen and oxygen atoms in total. The van der Waals surface area contributed by atoms with Crippen molar-refractivity contribution in [3.63, 3.8) is 0 Å². The molecule has 2 heterocycles. The summed E-state index contributed by atoms with van der Waals surface area (Å²) in [6, 6.07) is 8.34. The monoisotopic (exact) mass is 539 g/mol. The van der Waals surface area contributed by atoms with Crippen molar-refractivity contribution in [1.82, 2.24) is 4.90 Å². The lowest BCUT2D eigenvalue weighted by molar-refractivity contribution is -0.170. The third-order valence-corrected chi connectivity index (χ3v) is 6.34. The zero-order chi connectivity index (χ0) is 27.4. The zero-order valence-electron chi connectivity index (χ0n) is 20.8. The fraction of sp³-hybridized carbons (Fsp3) is 0.480. The summed E-state index contributed by atoms with van der Waals surface area (Å²) < 4.78 is 16.6. The molecule has 37 heavy (non-hydrogen) atoms. The molecule has 12 heteroatoms. The third-order valence-electron chi connectivity index (χ3n) is 5.61. The van der Waals surface area contributed by atoms with Crippen molar-refractivity contribution >= 4 is 29.2 Å². The highest BCUT2D eigenvalue weighted by Crippen LogP contribution is 2.28. The van der Waals surface area contributed by atoms with Crippen LogP contribution in [0.15, 0.2) is 35.0 Å². The quantitative estimate of drug-likeness (QED) is 0.296. The number of nitrogens with zero attached hydrogens (tertiary/aromatic N) is 1. The molecule has 0 radical (unpaired) electrons. The highest BCUT2D eigenvalue weighted by Gasteiger charge is 2.40. The highest BCUT2D eigenvalue weighted by atomic mass is 32.1. The fourth-order valence-electron chi connectivity index (χ4n) is 3.85. The van der Waals surface area contributed by atoms with Gasteiger partial charge in [0, 0.05) is 26.2 Å². The lowest BCUT2D eigenvalue weighted by Gasteiger charge is -2.25. The largest absolute Gasteiger partial charge is 0.493 e. The van der Waals surface area contributed by atoms with Gasteiger partial charge in [-0.1, -0.05) is 6.07 Å². The van der Waals surface area contributed by atoms with E-state index < -0.39 is 36.4 Å². The van der Waals surface area contributed by atoms with Gasteiger partial charge in [-0.25, -0.2) is 4.79 Å². The molecule has 0 spiro atoms. The second-order valence-electron chi connectivity index (χ2n) is 8.60. The first-order valence-electron chi connectivity index (χ1n) is 11.5. The van der Waals surface area contributed by atoms with Crippen LogP contribution < -0.4 is 9.47 Å². The zero-order valence-corrected chi connectivity index (χ0v) is 21.6. The highest BCUT2D eigenvalue weighted by molar-refractivity contribution is 7.07. The Labute approximate surface area is 218 Å². The molecule has 3 rings (SSSR count). The maximum absolute atomic E-state index is 10.3. The van der Waals surface area contributed by atoms with Crippen LogP contribution in [-0.2, 0) is 32.2 Å². The average Bonchev–Trinajstić information content (AvgIpc) is 3.52. The van der Waals surface area contributed by atoms with E-state index >= 15 is 0 Å². The topological polar surface area (TPSA) is 163 Å². The number of rotatable bonds is 13. The summed E-state index contributed by atoms with van der Waals surface area (Å²) >= 11 is 1.75. The first-order chi connectivity index (χ1) is 17.6. The molecule has 1 aromatic heterocycles. The van der Waals surface area contributed by atoms with E-state index in [0.29, 0.717) is 6.10 Å². The van der Waals surface area contributed by atoms with Crippen molar-refractivity contribution in [1.29, 1.82) is 0 Å². The van der Waals surface area contributed by atoms with Crippen LogP contribution in [0.1, 0.15) is 36.8 Å². The van der Waals surface area contributed by atoms with E-state index in [-0.39, 0.29) is 0 Å². The van der Waals surface area contributed by atoms with Gasteiger partial charge in [0.25, 0.3) is 0 Å². The van der Waals surface area contributed by atoms with Crippen LogP contribution in [0.3, 0.4) is 0 Å². The summed E-state index contributed by atoms with van der Waals surface area (Å²) in [5.74, 6) is -3.47. The van der Waals surface area contributed by atoms with Gasteiger partial charge in [0.05, 0.1) is 33.2 Å². The number of thiophene rings is 1. The number of hydrogen-bond acceptors (Lipinski definition) is 9. The van der Waals surface area contributed by atoms with Crippen molar-refractivity contribution in [2.75, 3.05) is 27.4 Å². The average molecular weight is 540 g/mol. The maximum Gasteiger partial charge on any atom is 0.336 e. The van der Waals surface area contributed by atoms with Crippen molar-refractivity contribution in [2.45, 2.75) is 50.5 Å². The normalized spacial score (nSPS) is 15.1. The number of ether oxygens (including phenoxy) is 3. The van der Waals surface area contributed by atoms with Gasteiger partial charge in [0.1, 0.15) is 0 Å². The molecule has 0 saturated carbocycles. The van der Waals surface area contributed by atoms with Crippen LogP contribution >= 0.6 is 11.3 Å². The van der Waals surface area contributed by atoms with Crippen molar-refractivity contribution < 1.29 is 49.0 Å². The van der Waals surface area contributed by atoms with Crippen LogP contribution in [0.4, 0.5) is 0 Å². The van der Waals surface area contributed by atoms with Gasteiger partial charge in [0.2, 0.25) is 0 Å². The Kier molecular flexibility index (Phi) is 11.8. The smallest absolute Gasteiger partial charge is 0.336 e. The Morgan fingerprint density at radius 3 is 2.16 bits per heavy atom. The van der Waals surface area contributed by atoms with Gasteiger partial charge in [-0.3, -0.25) is 14.5 Å². The fourth-order valence-corrected chi connectivity index (χ4v) is 4.51. The molecule has 1 saturated heterocycles. The minimum atomic E-state index is -2.74. The SMILES string of the molecule is COc1ccc(CN(Cc2ccsc2)CC2CCCO2)cc1OC.O=C(O)CC(O)(CC(=O)O)C(=O)O. The molecule has 1 unspecified atom stereocenters. The molecule has 204 valence electrons. The first-order valence-corrected chi connectivity index (χ1v) is 12.5. The van der Waals surface area contributed by atoms with E-state index in [1.807, 2.05) is 6.07 Å². The summed E-state index contributed by atoms with van der Waals surface area (Å²) in [5, 5.41) is 38.2. The molecule has 1 aliphatic rings. The molecule has 1 aromatic carbocycles. The predicted molar refractivity (Wildman–Crippen MR) is 134 cm³/mol. The van der Waals surface area contributed by atoms with Gasteiger partial charge >= 0.3 is 17.9 Å². The Morgan fingerprint density at radius 1 is 1.03 bits per heavy atom. The van der Waals surface area contributed by atoms with Crippen LogP contribution in [0.5, 0.6) is 11.5 Å². The minimum Gasteiger partial charge on any atom is -0.493 e. The lowest BCUT2D eigenvalue weighted by atomic mass is 9.96. The molecule has 0 amide bonds. The number of aliphatic hydroxyl groups is 1.